The molecule has 12 heteroatoms. The van der Waals surface area contributed by atoms with Gasteiger partial charge in [0.2, 0.25) is 12.4 Å². The molecule has 45 heavy (non-hydrogen) atoms. The van der Waals surface area contributed by atoms with E-state index in [9.17, 15) is 14.4 Å². The Kier molecular flexibility index (Phi) is 8.88. The minimum absolute atomic E-state index is 0.0261. The fourth-order valence-corrected chi connectivity index (χ4v) is 7.73. The molecular weight excluding hydrogens is 596 g/mol. The first-order chi connectivity index (χ1) is 21.8. The first-order valence-corrected chi connectivity index (χ1v) is 16.0. The number of aryl methyl sites for hydroxylation is 1. The maximum atomic E-state index is 16.7. The zero-order valence-corrected chi connectivity index (χ0v) is 25.9. The maximum absolute atomic E-state index is 16.7. The van der Waals surface area contributed by atoms with Gasteiger partial charge in [0.25, 0.3) is 5.91 Å². The molecule has 2 saturated heterocycles. The lowest BCUT2D eigenvalue weighted by Crippen LogP contribution is -2.56. The van der Waals surface area contributed by atoms with Crippen molar-refractivity contribution in [2.24, 2.45) is 0 Å². The molecule has 9 nitrogen and oxygen atoms in total. The number of pyridine rings is 2. The molecule has 232 valence electrons. The number of thioether (sulfide) groups is 1. The van der Waals surface area contributed by atoms with Crippen molar-refractivity contribution in [2.75, 3.05) is 57.0 Å². The Hall–Kier alpha value is -4.26. The van der Waals surface area contributed by atoms with E-state index in [2.05, 4.69) is 38.4 Å². The van der Waals surface area contributed by atoms with Crippen LogP contribution in [-0.4, -0.2) is 89.9 Å². The van der Waals surface area contributed by atoms with E-state index in [1.54, 1.807) is 18.0 Å². The average Bonchev–Trinajstić information content (AvgIpc) is 3.47. The molecule has 0 spiro atoms. The normalized spacial score (nSPS) is 20.0. The van der Waals surface area contributed by atoms with Crippen LogP contribution in [0, 0.1) is 23.7 Å². The summed E-state index contributed by atoms with van der Waals surface area (Å²) >= 11 is 1.69. The van der Waals surface area contributed by atoms with E-state index in [1.807, 2.05) is 24.1 Å². The van der Waals surface area contributed by atoms with Gasteiger partial charge in [0.15, 0.2) is 11.6 Å². The lowest BCUT2D eigenvalue weighted by Gasteiger charge is -2.40. The second kappa shape index (κ2) is 13.0. The summed E-state index contributed by atoms with van der Waals surface area (Å²) in [5.41, 5.74) is 2.58. The number of nitriles is 1. The second-order valence-electron chi connectivity index (χ2n) is 11.6. The van der Waals surface area contributed by atoms with E-state index in [1.165, 1.54) is 4.90 Å². The van der Waals surface area contributed by atoms with Gasteiger partial charge in [-0.15, -0.1) is 11.8 Å². The van der Waals surface area contributed by atoms with E-state index >= 15 is 4.39 Å². The van der Waals surface area contributed by atoms with Gasteiger partial charge >= 0.3 is 0 Å². The molecule has 6 rings (SSSR count). The first kappa shape index (κ1) is 30.8. The topological polar surface area (TPSA) is 90.0 Å². The van der Waals surface area contributed by atoms with Crippen LogP contribution in [0.3, 0.4) is 0 Å². The van der Waals surface area contributed by atoms with Gasteiger partial charge in [0.05, 0.1) is 5.69 Å². The number of benzene rings is 1. The molecule has 3 aliphatic heterocycles. The number of halogens is 2. The lowest BCUT2D eigenvalue weighted by atomic mass is 10.0. The molecule has 0 aliphatic carbocycles. The van der Waals surface area contributed by atoms with Crippen molar-refractivity contribution in [1.29, 1.82) is 5.26 Å². The predicted octanol–water partition coefficient (Wildman–Crippen LogP) is 5.24. The van der Waals surface area contributed by atoms with Gasteiger partial charge in [0, 0.05) is 47.7 Å². The number of likely N-dealkylation sites (N-methyl/N-ethyl adjacent to an activating group) is 1. The van der Waals surface area contributed by atoms with E-state index in [-0.39, 0.29) is 61.5 Å². The number of piperazine rings is 1. The van der Waals surface area contributed by atoms with Crippen LogP contribution in [0.1, 0.15) is 30.4 Å². The number of fused-ring (bicyclic) bond motifs is 2. The van der Waals surface area contributed by atoms with Gasteiger partial charge in [-0.2, -0.15) is 5.26 Å². The van der Waals surface area contributed by atoms with Crippen molar-refractivity contribution in [3.63, 3.8) is 0 Å². The van der Waals surface area contributed by atoms with Crippen LogP contribution in [-0.2, 0) is 11.2 Å². The Morgan fingerprint density at radius 1 is 1.29 bits per heavy atom. The van der Waals surface area contributed by atoms with Gasteiger partial charge in [-0.3, -0.25) is 9.78 Å². The van der Waals surface area contributed by atoms with E-state index in [4.69, 9.17) is 11.3 Å². The third kappa shape index (κ3) is 5.81. The van der Waals surface area contributed by atoms with Crippen molar-refractivity contribution in [3.05, 3.63) is 65.2 Å². The summed E-state index contributed by atoms with van der Waals surface area (Å²) in [7, 11) is 2.02. The highest BCUT2D eigenvalue weighted by Crippen LogP contribution is 2.42. The van der Waals surface area contributed by atoms with Gasteiger partial charge in [-0.1, -0.05) is 24.8 Å². The molecule has 0 N–H and O–H groups in total. The lowest BCUT2D eigenvalue weighted by molar-refractivity contribution is -0.131. The number of nitrogens with zero attached hydrogens (tertiary/aromatic N) is 7. The number of hydrogen-bond acceptors (Lipinski definition) is 8. The number of aromatic nitrogens is 2. The number of rotatable bonds is 7. The second-order valence-corrected chi connectivity index (χ2v) is 12.7. The van der Waals surface area contributed by atoms with Crippen LogP contribution in [0.4, 0.5) is 14.5 Å². The highest BCUT2D eigenvalue weighted by molar-refractivity contribution is 7.99. The highest BCUT2D eigenvalue weighted by Gasteiger charge is 2.36. The molecule has 1 aromatic carbocycles. The van der Waals surface area contributed by atoms with Crippen LogP contribution in [0.25, 0.3) is 27.0 Å². The van der Waals surface area contributed by atoms with Gasteiger partial charge in [-0.05, 0) is 50.6 Å². The largest absolute Gasteiger partial charge is 0.475 e. The van der Waals surface area contributed by atoms with Crippen molar-refractivity contribution < 1.29 is 18.3 Å². The zero-order valence-electron chi connectivity index (χ0n) is 25.1. The summed E-state index contributed by atoms with van der Waals surface area (Å²) in [6.07, 6.45) is 5.49. The molecule has 2 fully saturated rings. The van der Waals surface area contributed by atoms with Crippen molar-refractivity contribution in [2.45, 2.75) is 42.7 Å². The summed E-state index contributed by atoms with van der Waals surface area (Å²) in [4.78, 5) is 31.6. The van der Waals surface area contributed by atoms with Crippen LogP contribution < -0.4 is 9.64 Å². The summed E-state index contributed by atoms with van der Waals surface area (Å²) in [6, 6.07) is 7.55. The van der Waals surface area contributed by atoms with Crippen LogP contribution in [0.15, 0.2) is 41.7 Å². The fourth-order valence-electron chi connectivity index (χ4n) is 6.56. The Balaban J connectivity index is 1.49. The summed E-state index contributed by atoms with van der Waals surface area (Å²) in [5.74, 6) is -1.61. The summed E-state index contributed by atoms with van der Waals surface area (Å²) in [6.45, 7) is 12.1. The first-order valence-electron chi connectivity index (χ1n) is 15.1. The summed E-state index contributed by atoms with van der Waals surface area (Å²) < 4.78 is 36.8. The quantitative estimate of drug-likeness (QED) is 0.259. The van der Waals surface area contributed by atoms with E-state index in [0.29, 0.717) is 16.6 Å². The van der Waals surface area contributed by atoms with Crippen molar-refractivity contribution in [3.8, 4) is 23.2 Å². The Morgan fingerprint density at radius 2 is 2.13 bits per heavy atom. The number of anilines is 1. The highest BCUT2D eigenvalue weighted by atomic mass is 32.2. The number of amides is 1. The Bertz CT molecular complexity index is 1750. The van der Waals surface area contributed by atoms with Crippen LogP contribution in [0.2, 0.25) is 0 Å². The Morgan fingerprint density at radius 3 is 2.87 bits per heavy atom. The number of likely N-dealkylation sites (tertiary alicyclic amines) is 1. The van der Waals surface area contributed by atoms with Gasteiger partial charge < -0.3 is 24.3 Å². The molecule has 5 heterocycles. The monoisotopic (exact) mass is 629 g/mol. The van der Waals surface area contributed by atoms with Gasteiger partial charge in [-0.25, -0.2) is 20.3 Å². The molecular formula is C33H33F2N7O2S. The number of hydrogen-bond donors (Lipinski definition) is 0. The molecule has 0 bridgehead atoms. The molecule has 3 aliphatic rings. The van der Waals surface area contributed by atoms with Gasteiger partial charge in [0.1, 0.15) is 35.5 Å². The molecule has 0 unspecified atom stereocenters. The molecule has 3 aromatic rings. The zero-order chi connectivity index (χ0) is 31.7. The minimum Gasteiger partial charge on any atom is -0.475 e. The standard InChI is InChI=1S/C33H33F2N7O2S/c1-20(34)33(43)42-13-12-41(18-23(42)16-37-2)30-25(15-36)32(44-19-22-9-5-11-40(22)3)39-29-26(30)17-38-28(27(29)35)24-10-4-7-21-8-6-14-45-31(21)24/h4,7,10,17,22-23H,1,5-6,8-9,11-14,16,18-19H2,3H3/t22-,23-/m0/s1. The average molecular weight is 630 g/mol. The van der Waals surface area contributed by atoms with E-state index in [0.717, 1.165) is 48.4 Å². The maximum Gasteiger partial charge on any atom is 0.282 e. The molecule has 0 saturated carbocycles. The molecule has 0 radical (unpaired) electrons. The SMILES string of the molecule is [C-]#[N+]C[C@H]1CN(c2c(C#N)c(OC[C@@H]3CCCN3C)nc3c(F)c(-c4cccc5c4SCCC5)ncc23)CCN1C(=O)C(=C)F. The fraction of sp³-hybridized carbons (Fsp3) is 0.424. The smallest absolute Gasteiger partial charge is 0.282 e. The molecule has 2 aromatic heterocycles. The summed E-state index contributed by atoms with van der Waals surface area (Å²) in [5, 5.41) is 10.8. The van der Waals surface area contributed by atoms with Crippen molar-refractivity contribution in [1.82, 2.24) is 19.8 Å². The minimum atomic E-state index is -1.10. The predicted molar refractivity (Wildman–Crippen MR) is 169 cm³/mol. The Labute approximate surface area is 265 Å². The molecule has 2 atom stereocenters. The third-order valence-corrected chi connectivity index (χ3v) is 10.2. The number of ether oxygens (including phenoxy) is 1. The van der Waals surface area contributed by atoms with Crippen LogP contribution in [0.5, 0.6) is 5.88 Å². The number of carbonyl (C=O) groups is 1. The van der Waals surface area contributed by atoms with Crippen molar-refractivity contribution >= 4 is 34.3 Å². The van der Waals surface area contributed by atoms with E-state index < -0.39 is 23.6 Å². The van der Waals surface area contributed by atoms with Crippen LogP contribution >= 0.6 is 11.8 Å². The third-order valence-electron chi connectivity index (χ3n) is 8.89. The molecule has 1 amide bonds. The number of carbonyl (C=O) groups excluding carboxylic acids is 1.